The molecule has 27 heavy (non-hydrogen) atoms. The first-order valence-electron chi connectivity index (χ1n) is 8.09. The molecule has 0 spiro atoms. The molecule has 0 atom stereocenters. The Balaban J connectivity index is 1.66. The van der Waals surface area contributed by atoms with Gasteiger partial charge in [0.05, 0.1) is 18.6 Å². The second-order valence-electron chi connectivity index (χ2n) is 5.84. The largest absolute Gasteiger partial charge is 0.495 e. The highest BCUT2D eigenvalue weighted by Gasteiger charge is 2.17. The first kappa shape index (κ1) is 18.8. The lowest BCUT2D eigenvalue weighted by Gasteiger charge is -2.10. The van der Waals surface area contributed by atoms with E-state index in [1.807, 2.05) is 6.92 Å². The second kappa shape index (κ2) is 7.71. The van der Waals surface area contributed by atoms with Crippen LogP contribution in [0.3, 0.4) is 0 Å². The minimum Gasteiger partial charge on any atom is -0.495 e. The van der Waals surface area contributed by atoms with E-state index in [0.29, 0.717) is 33.4 Å². The number of hydrogen-bond donors (Lipinski definition) is 0. The van der Waals surface area contributed by atoms with Gasteiger partial charge in [0, 0.05) is 22.5 Å². The van der Waals surface area contributed by atoms with E-state index >= 15 is 0 Å². The molecule has 0 unspecified atom stereocenters. The van der Waals surface area contributed by atoms with Gasteiger partial charge in [0.2, 0.25) is 0 Å². The number of rotatable bonds is 6. The van der Waals surface area contributed by atoms with Gasteiger partial charge in [0.1, 0.15) is 12.1 Å². The van der Waals surface area contributed by atoms with E-state index in [1.165, 1.54) is 19.5 Å². The Kier molecular flexibility index (Phi) is 5.36. The number of nitrogens with zero attached hydrogens (tertiary/aromatic N) is 4. The van der Waals surface area contributed by atoms with Crippen LogP contribution in [-0.2, 0) is 16.0 Å². The third-order valence-corrected chi connectivity index (χ3v) is 4.44. The third kappa shape index (κ3) is 3.90. The normalized spacial score (nSPS) is 10.8. The molecule has 0 bridgehead atoms. The summed E-state index contributed by atoms with van der Waals surface area (Å²) < 4.78 is 11.7. The lowest BCUT2D eigenvalue weighted by molar-refractivity contribution is -0.141. The van der Waals surface area contributed by atoms with Crippen LogP contribution in [-0.4, -0.2) is 45.1 Å². The van der Waals surface area contributed by atoms with Crippen LogP contribution < -0.4 is 4.74 Å². The average Bonchev–Trinajstić information content (AvgIpc) is 3.11. The van der Waals surface area contributed by atoms with Crippen molar-refractivity contribution in [1.82, 2.24) is 19.6 Å². The lowest BCUT2D eigenvalue weighted by atomic mass is 10.1. The number of Topliss-reactive ketones (excluding diaryl/α,β-unsaturated/α-hetero) is 1. The van der Waals surface area contributed by atoms with E-state index in [4.69, 9.17) is 21.1 Å². The standard InChI is InChI=1S/C18H17ClN4O4/c1-10-13(11(2)23-18(22-10)20-9-21-23)7-17(25)27-8-15(24)12-4-5-16(26-3)14(19)6-12/h4-6,9H,7-8H2,1-3H3. The summed E-state index contributed by atoms with van der Waals surface area (Å²) >= 11 is 6.01. The van der Waals surface area contributed by atoms with Crippen molar-refractivity contribution in [3.05, 3.63) is 52.1 Å². The van der Waals surface area contributed by atoms with E-state index in [0.717, 1.165) is 5.69 Å². The molecular weight excluding hydrogens is 372 g/mol. The predicted octanol–water partition coefficient (Wildman–Crippen LogP) is 2.37. The number of aryl methyl sites for hydroxylation is 2. The lowest BCUT2D eigenvalue weighted by Crippen LogP contribution is -2.18. The Morgan fingerprint density at radius 3 is 2.74 bits per heavy atom. The molecule has 0 aliphatic carbocycles. The van der Waals surface area contributed by atoms with Crippen LogP contribution in [0.4, 0.5) is 0 Å². The first-order valence-corrected chi connectivity index (χ1v) is 8.46. The molecule has 0 radical (unpaired) electrons. The Hall–Kier alpha value is -3.00. The summed E-state index contributed by atoms with van der Waals surface area (Å²) in [6.07, 6.45) is 1.38. The van der Waals surface area contributed by atoms with Crippen LogP contribution in [0.1, 0.15) is 27.3 Å². The van der Waals surface area contributed by atoms with Gasteiger partial charge in [-0.3, -0.25) is 9.59 Å². The number of aromatic nitrogens is 4. The van der Waals surface area contributed by atoms with Crippen molar-refractivity contribution in [2.24, 2.45) is 0 Å². The number of carbonyl (C=O) groups is 2. The number of benzene rings is 1. The maximum Gasteiger partial charge on any atom is 0.310 e. The maximum atomic E-state index is 12.2. The number of hydrogen-bond acceptors (Lipinski definition) is 7. The van der Waals surface area contributed by atoms with Gasteiger partial charge in [-0.1, -0.05) is 11.6 Å². The Labute approximate surface area is 160 Å². The Morgan fingerprint density at radius 1 is 1.26 bits per heavy atom. The van der Waals surface area contributed by atoms with E-state index in [2.05, 4.69) is 15.1 Å². The van der Waals surface area contributed by atoms with Crippen LogP contribution in [0, 0.1) is 13.8 Å². The molecule has 0 N–H and O–H groups in total. The molecular formula is C18H17ClN4O4. The molecule has 3 aromatic rings. The Bertz CT molecular complexity index is 1030. The first-order chi connectivity index (χ1) is 12.9. The fourth-order valence-electron chi connectivity index (χ4n) is 2.68. The van der Waals surface area contributed by atoms with E-state index in [9.17, 15) is 9.59 Å². The van der Waals surface area contributed by atoms with Gasteiger partial charge < -0.3 is 9.47 Å². The highest BCUT2D eigenvalue weighted by molar-refractivity contribution is 6.32. The third-order valence-electron chi connectivity index (χ3n) is 4.15. The van der Waals surface area contributed by atoms with Crippen LogP contribution in [0.15, 0.2) is 24.5 Å². The molecule has 0 saturated carbocycles. The monoisotopic (exact) mass is 388 g/mol. The van der Waals surface area contributed by atoms with Crippen molar-refractivity contribution >= 4 is 29.1 Å². The molecule has 9 heteroatoms. The number of ketones is 1. The maximum absolute atomic E-state index is 12.2. The van der Waals surface area contributed by atoms with Gasteiger partial charge in [0.25, 0.3) is 5.78 Å². The highest BCUT2D eigenvalue weighted by atomic mass is 35.5. The van der Waals surface area contributed by atoms with E-state index < -0.39 is 5.97 Å². The van der Waals surface area contributed by atoms with E-state index in [-0.39, 0.29) is 18.8 Å². The topological polar surface area (TPSA) is 95.7 Å². The van der Waals surface area contributed by atoms with Crippen molar-refractivity contribution in [2.45, 2.75) is 20.3 Å². The van der Waals surface area contributed by atoms with Crippen molar-refractivity contribution in [3.8, 4) is 5.75 Å². The molecule has 2 heterocycles. The van der Waals surface area contributed by atoms with Gasteiger partial charge in [-0.05, 0) is 32.0 Å². The zero-order valence-corrected chi connectivity index (χ0v) is 15.8. The van der Waals surface area contributed by atoms with Gasteiger partial charge in [-0.15, -0.1) is 0 Å². The van der Waals surface area contributed by atoms with Crippen LogP contribution in [0.2, 0.25) is 5.02 Å². The van der Waals surface area contributed by atoms with Crippen molar-refractivity contribution in [2.75, 3.05) is 13.7 Å². The zero-order chi connectivity index (χ0) is 19.6. The summed E-state index contributed by atoms with van der Waals surface area (Å²) in [6, 6.07) is 4.63. The summed E-state index contributed by atoms with van der Waals surface area (Å²) in [5.41, 5.74) is 2.45. The summed E-state index contributed by atoms with van der Waals surface area (Å²) in [5, 5.41) is 4.39. The summed E-state index contributed by atoms with van der Waals surface area (Å²) in [7, 11) is 1.49. The van der Waals surface area contributed by atoms with Gasteiger partial charge >= 0.3 is 5.97 Å². The van der Waals surface area contributed by atoms with Gasteiger partial charge in [0.15, 0.2) is 12.4 Å². The number of methoxy groups -OCH3 is 1. The van der Waals surface area contributed by atoms with Gasteiger partial charge in [-0.25, -0.2) is 9.50 Å². The fourth-order valence-corrected chi connectivity index (χ4v) is 2.93. The zero-order valence-electron chi connectivity index (χ0n) is 15.0. The highest BCUT2D eigenvalue weighted by Crippen LogP contribution is 2.25. The van der Waals surface area contributed by atoms with E-state index in [1.54, 1.807) is 23.6 Å². The van der Waals surface area contributed by atoms with Crippen LogP contribution >= 0.6 is 11.6 Å². The van der Waals surface area contributed by atoms with Crippen LogP contribution in [0.5, 0.6) is 5.75 Å². The molecule has 0 fully saturated rings. The SMILES string of the molecule is COc1ccc(C(=O)COC(=O)Cc2c(C)nc3ncnn3c2C)cc1Cl. The molecule has 3 rings (SSSR count). The van der Waals surface area contributed by atoms with Crippen LogP contribution in [0.25, 0.3) is 5.78 Å². The van der Waals surface area contributed by atoms with Crippen molar-refractivity contribution in [3.63, 3.8) is 0 Å². The molecule has 8 nitrogen and oxygen atoms in total. The molecule has 0 aliphatic rings. The smallest absolute Gasteiger partial charge is 0.310 e. The number of ether oxygens (including phenoxy) is 2. The number of carbonyl (C=O) groups excluding carboxylic acids is 2. The molecule has 0 aliphatic heterocycles. The minimum atomic E-state index is -0.532. The van der Waals surface area contributed by atoms with Crippen molar-refractivity contribution in [1.29, 1.82) is 0 Å². The minimum absolute atomic E-state index is 0.0168. The molecule has 2 aromatic heterocycles. The molecule has 0 amide bonds. The number of fused-ring (bicyclic) bond motifs is 1. The number of esters is 1. The fraction of sp³-hybridized carbons (Fsp3) is 0.278. The Morgan fingerprint density at radius 2 is 2.04 bits per heavy atom. The quantitative estimate of drug-likeness (QED) is 0.472. The summed E-state index contributed by atoms with van der Waals surface area (Å²) in [5.74, 6) is 0.0440. The predicted molar refractivity (Wildman–Crippen MR) is 97.3 cm³/mol. The molecule has 140 valence electrons. The molecule has 0 saturated heterocycles. The number of halogens is 1. The second-order valence-corrected chi connectivity index (χ2v) is 6.25. The summed E-state index contributed by atoms with van der Waals surface area (Å²) in [4.78, 5) is 32.8. The summed E-state index contributed by atoms with van der Waals surface area (Å²) in [6.45, 7) is 3.23. The van der Waals surface area contributed by atoms with Gasteiger partial charge in [-0.2, -0.15) is 10.1 Å². The average molecular weight is 389 g/mol. The van der Waals surface area contributed by atoms with Crippen molar-refractivity contribution < 1.29 is 19.1 Å². The molecule has 1 aromatic carbocycles.